The molecule has 0 aliphatic carbocycles. The topological polar surface area (TPSA) is 34.4 Å². The van der Waals surface area contributed by atoms with Gasteiger partial charge >= 0.3 is 0 Å². The zero-order valence-corrected chi connectivity index (χ0v) is 11.0. The molecule has 2 heterocycles. The predicted octanol–water partition coefficient (Wildman–Crippen LogP) is 2.79. The Kier molecular flexibility index (Phi) is 3.89. The lowest BCUT2D eigenvalue weighted by atomic mass is 9.83. The zero-order chi connectivity index (χ0) is 12.3. The standard InChI is InChI=1S/C14H23NO2/c1-14(2,3)17-10-12-8-15-6-4-13(12)11-5-7-16-9-11/h5,7,9,12-13,15H,4,6,8,10H2,1-3H3/t12-,13?/m0/s1. The first-order chi connectivity index (χ1) is 8.06. The number of nitrogens with one attached hydrogen (secondary N) is 1. The molecule has 3 heteroatoms. The zero-order valence-electron chi connectivity index (χ0n) is 11.0. The van der Waals surface area contributed by atoms with E-state index in [1.807, 2.05) is 6.26 Å². The second-order valence-corrected chi connectivity index (χ2v) is 5.84. The Labute approximate surface area is 104 Å². The molecule has 0 radical (unpaired) electrons. The summed E-state index contributed by atoms with van der Waals surface area (Å²) in [5.41, 5.74) is 1.26. The quantitative estimate of drug-likeness (QED) is 0.877. The number of hydrogen-bond donors (Lipinski definition) is 1. The third kappa shape index (κ3) is 3.58. The summed E-state index contributed by atoms with van der Waals surface area (Å²) >= 11 is 0. The van der Waals surface area contributed by atoms with Gasteiger partial charge in [-0.15, -0.1) is 0 Å². The van der Waals surface area contributed by atoms with Gasteiger partial charge in [0, 0.05) is 12.5 Å². The minimum Gasteiger partial charge on any atom is -0.472 e. The first kappa shape index (κ1) is 12.7. The maximum absolute atomic E-state index is 5.93. The molecular weight excluding hydrogens is 214 g/mol. The third-order valence-corrected chi connectivity index (χ3v) is 3.31. The summed E-state index contributed by atoms with van der Waals surface area (Å²) in [4.78, 5) is 0. The van der Waals surface area contributed by atoms with Crippen LogP contribution in [0.1, 0.15) is 38.7 Å². The molecular formula is C14H23NO2. The molecule has 1 saturated heterocycles. The molecule has 0 bridgehead atoms. The Morgan fingerprint density at radius 1 is 1.47 bits per heavy atom. The van der Waals surface area contributed by atoms with Crippen LogP contribution >= 0.6 is 0 Å². The summed E-state index contributed by atoms with van der Waals surface area (Å²) in [5.74, 6) is 1.11. The molecule has 1 aliphatic heterocycles. The average molecular weight is 237 g/mol. The van der Waals surface area contributed by atoms with Crippen molar-refractivity contribution in [1.82, 2.24) is 5.32 Å². The van der Waals surface area contributed by atoms with E-state index in [4.69, 9.17) is 9.15 Å². The van der Waals surface area contributed by atoms with E-state index < -0.39 is 0 Å². The molecule has 0 saturated carbocycles. The molecule has 1 unspecified atom stereocenters. The molecule has 2 rings (SSSR count). The fraction of sp³-hybridized carbons (Fsp3) is 0.714. The molecule has 2 atom stereocenters. The van der Waals surface area contributed by atoms with Crippen molar-refractivity contribution >= 4 is 0 Å². The summed E-state index contributed by atoms with van der Waals surface area (Å²) in [6.45, 7) is 9.25. The lowest BCUT2D eigenvalue weighted by Gasteiger charge is -2.33. The van der Waals surface area contributed by atoms with E-state index in [2.05, 4.69) is 32.2 Å². The lowest BCUT2D eigenvalue weighted by molar-refractivity contribution is -0.0293. The molecule has 0 aromatic carbocycles. The first-order valence-corrected chi connectivity index (χ1v) is 6.43. The smallest absolute Gasteiger partial charge is 0.0937 e. The third-order valence-electron chi connectivity index (χ3n) is 3.31. The van der Waals surface area contributed by atoms with Crippen LogP contribution in [0.4, 0.5) is 0 Å². The van der Waals surface area contributed by atoms with Crippen LogP contribution in [-0.2, 0) is 4.74 Å². The van der Waals surface area contributed by atoms with Crippen LogP contribution in [0.2, 0.25) is 0 Å². The Morgan fingerprint density at radius 2 is 2.29 bits per heavy atom. The van der Waals surface area contributed by atoms with Gasteiger partial charge in [-0.2, -0.15) is 0 Å². The fourth-order valence-corrected chi connectivity index (χ4v) is 2.38. The van der Waals surface area contributed by atoms with Crippen molar-refractivity contribution in [2.24, 2.45) is 5.92 Å². The second-order valence-electron chi connectivity index (χ2n) is 5.84. The highest BCUT2D eigenvalue weighted by Gasteiger charge is 2.28. The highest BCUT2D eigenvalue weighted by Crippen LogP contribution is 2.31. The van der Waals surface area contributed by atoms with Gasteiger partial charge < -0.3 is 14.5 Å². The van der Waals surface area contributed by atoms with Gasteiger partial charge in [-0.05, 0) is 51.3 Å². The van der Waals surface area contributed by atoms with E-state index in [1.54, 1.807) is 6.26 Å². The van der Waals surface area contributed by atoms with Gasteiger partial charge in [-0.3, -0.25) is 0 Å². The van der Waals surface area contributed by atoms with Crippen molar-refractivity contribution in [2.75, 3.05) is 19.7 Å². The van der Waals surface area contributed by atoms with Crippen molar-refractivity contribution < 1.29 is 9.15 Å². The fourth-order valence-electron chi connectivity index (χ4n) is 2.38. The number of rotatable bonds is 3. The maximum atomic E-state index is 5.93. The molecule has 1 aromatic rings. The van der Waals surface area contributed by atoms with E-state index in [0.29, 0.717) is 11.8 Å². The van der Waals surface area contributed by atoms with Gasteiger partial charge in [0.1, 0.15) is 0 Å². The molecule has 17 heavy (non-hydrogen) atoms. The minimum absolute atomic E-state index is 0.0571. The monoisotopic (exact) mass is 237 g/mol. The number of piperidine rings is 1. The van der Waals surface area contributed by atoms with Crippen LogP contribution in [0, 0.1) is 5.92 Å². The van der Waals surface area contributed by atoms with Gasteiger partial charge in [0.05, 0.1) is 24.7 Å². The van der Waals surface area contributed by atoms with E-state index in [1.165, 1.54) is 5.56 Å². The van der Waals surface area contributed by atoms with Crippen LogP contribution < -0.4 is 5.32 Å². The SMILES string of the molecule is CC(C)(C)OC[C@@H]1CNCCC1c1ccoc1. The van der Waals surface area contributed by atoms with E-state index in [0.717, 1.165) is 26.1 Å². The molecule has 1 fully saturated rings. The summed E-state index contributed by atoms with van der Waals surface area (Å²) < 4.78 is 11.1. The molecule has 0 spiro atoms. The summed E-state index contributed by atoms with van der Waals surface area (Å²) in [6, 6.07) is 2.08. The van der Waals surface area contributed by atoms with Crippen LogP contribution in [0.15, 0.2) is 23.0 Å². The minimum atomic E-state index is -0.0571. The Balaban J connectivity index is 1.98. The van der Waals surface area contributed by atoms with Crippen LogP contribution in [0.3, 0.4) is 0 Å². The second kappa shape index (κ2) is 5.23. The molecule has 96 valence electrons. The average Bonchev–Trinajstić information content (AvgIpc) is 2.79. The van der Waals surface area contributed by atoms with Crippen LogP contribution in [-0.4, -0.2) is 25.3 Å². The molecule has 1 aliphatic rings. The highest BCUT2D eigenvalue weighted by atomic mass is 16.5. The largest absolute Gasteiger partial charge is 0.472 e. The van der Waals surface area contributed by atoms with E-state index >= 15 is 0 Å². The van der Waals surface area contributed by atoms with E-state index in [9.17, 15) is 0 Å². The molecule has 1 aromatic heterocycles. The highest BCUT2D eigenvalue weighted by molar-refractivity contribution is 5.15. The van der Waals surface area contributed by atoms with E-state index in [-0.39, 0.29) is 5.60 Å². The van der Waals surface area contributed by atoms with Crippen molar-refractivity contribution in [3.8, 4) is 0 Å². The number of ether oxygens (including phenoxy) is 1. The first-order valence-electron chi connectivity index (χ1n) is 6.43. The normalized spacial score (nSPS) is 26.1. The lowest BCUT2D eigenvalue weighted by Crippen LogP contribution is -2.39. The van der Waals surface area contributed by atoms with Crippen LogP contribution in [0.25, 0.3) is 0 Å². The Bertz CT molecular complexity index is 326. The molecule has 1 N–H and O–H groups in total. The molecule has 3 nitrogen and oxygen atoms in total. The van der Waals surface area contributed by atoms with Crippen molar-refractivity contribution in [3.05, 3.63) is 24.2 Å². The van der Waals surface area contributed by atoms with Crippen molar-refractivity contribution in [2.45, 2.75) is 38.7 Å². The molecule has 0 amide bonds. The summed E-state index contributed by atoms with van der Waals surface area (Å²) in [5, 5.41) is 3.45. The number of hydrogen-bond acceptors (Lipinski definition) is 3. The predicted molar refractivity (Wildman–Crippen MR) is 68.1 cm³/mol. The van der Waals surface area contributed by atoms with Gasteiger partial charge in [0.2, 0.25) is 0 Å². The summed E-state index contributed by atoms with van der Waals surface area (Å²) in [7, 11) is 0. The Morgan fingerprint density at radius 3 is 2.94 bits per heavy atom. The van der Waals surface area contributed by atoms with Crippen molar-refractivity contribution in [3.63, 3.8) is 0 Å². The van der Waals surface area contributed by atoms with Gasteiger partial charge in [-0.1, -0.05) is 0 Å². The van der Waals surface area contributed by atoms with Gasteiger partial charge in [0.25, 0.3) is 0 Å². The summed E-state index contributed by atoms with van der Waals surface area (Å²) in [6.07, 6.45) is 4.80. The van der Waals surface area contributed by atoms with Crippen LogP contribution in [0.5, 0.6) is 0 Å². The Hall–Kier alpha value is -0.800. The van der Waals surface area contributed by atoms with Crippen molar-refractivity contribution in [1.29, 1.82) is 0 Å². The van der Waals surface area contributed by atoms with Gasteiger partial charge in [0.15, 0.2) is 0 Å². The van der Waals surface area contributed by atoms with Gasteiger partial charge in [-0.25, -0.2) is 0 Å². The number of furan rings is 1. The maximum Gasteiger partial charge on any atom is 0.0937 e.